The summed E-state index contributed by atoms with van der Waals surface area (Å²) in [5.41, 5.74) is 2.31. The van der Waals surface area contributed by atoms with E-state index < -0.39 is 0 Å². The quantitative estimate of drug-likeness (QED) is 0.700. The molecule has 2 aliphatic carbocycles. The highest BCUT2D eigenvalue weighted by atomic mass is 16.5. The van der Waals surface area contributed by atoms with E-state index in [1.165, 1.54) is 5.57 Å². The Morgan fingerprint density at radius 1 is 1.24 bits per heavy atom. The molecule has 3 atom stereocenters. The molecule has 1 heterocycles. The van der Waals surface area contributed by atoms with Gasteiger partial charge in [-0.3, -0.25) is 4.79 Å². The molecule has 0 amide bonds. The summed E-state index contributed by atoms with van der Waals surface area (Å²) in [5.74, 6) is 0.979. The normalized spacial score (nSPS) is 38.8. The van der Waals surface area contributed by atoms with Crippen molar-refractivity contribution in [3.05, 3.63) is 35.1 Å². The van der Waals surface area contributed by atoms with E-state index >= 15 is 0 Å². The molecule has 138 valence electrons. The fourth-order valence-electron chi connectivity index (χ4n) is 4.40. The van der Waals surface area contributed by atoms with Crippen molar-refractivity contribution in [1.82, 2.24) is 0 Å². The van der Waals surface area contributed by atoms with Gasteiger partial charge in [0.25, 0.3) is 0 Å². The van der Waals surface area contributed by atoms with Gasteiger partial charge in [0.1, 0.15) is 5.60 Å². The molecule has 0 spiro atoms. The predicted molar refractivity (Wildman–Crippen MR) is 100.0 cm³/mol. The van der Waals surface area contributed by atoms with Gasteiger partial charge in [-0.25, -0.2) is 0 Å². The van der Waals surface area contributed by atoms with Crippen LogP contribution in [0.15, 0.2) is 35.1 Å². The molecule has 3 nitrogen and oxygen atoms in total. The average molecular weight is 344 g/mol. The summed E-state index contributed by atoms with van der Waals surface area (Å²) < 4.78 is 6.37. The molecule has 0 unspecified atom stereocenters. The number of hydrogen-bond donors (Lipinski definition) is 1. The number of Topliss-reactive ketones (excluding diaryl/α,β-unsaturated/α-hetero) is 1. The summed E-state index contributed by atoms with van der Waals surface area (Å²) in [6.45, 7) is 8.96. The van der Waals surface area contributed by atoms with Crippen LogP contribution >= 0.6 is 0 Å². The van der Waals surface area contributed by atoms with Gasteiger partial charge in [0.15, 0.2) is 11.5 Å². The van der Waals surface area contributed by atoms with Crippen LogP contribution in [0.2, 0.25) is 0 Å². The molecule has 0 saturated carbocycles. The molecule has 0 aromatic carbocycles. The smallest absolute Gasteiger partial charge is 0.198 e. The largest absolute Gasteiger partial charge is 0.483 e. The van der Waals surface area contributed by atoms with Gasteiger partial charge >= 0.3 is 0 Å². The van der Waals surface area contributed by atoms with Crippen molar-refractivity contribution in [2.75, 3.05) is 6.61 Å². The average Bonchev–Trinajstić information content (AvgIpc) is 2.84. The first-order valence-corrected chi connectivity index (χ1v) is 9.63. The second-order valence-corrected chi connectivity index (χ2v) is 9.07. The number of fused-ring (bicyclic) bond motifs is 1. The maximum Gasteiger partial charge on any atom is 0.198 e. The van der Waals surface area contributed by atoms with Crippen molar-refractivity contribution < 1.29 is 14.6 Å². The molecule has 25 heavy (non-hydrogen) atoms. The Kier molecular flexibility index (Phi) is 4.98. The second-order valence-electron chi connectivity index (χ2n) is 9.07. The number of carbonyl (C=O) groups excluding carboxylic acids is 1. The van der Waals surface area contributed by atoms with Crippen LogP contribution in [-0.4, -0.2) is 23.1 Å². The van der Waals surface area contributed by atoms with Gasteiger partial charge in [-0.2, -0.15) is 0 Å². The van der Waals surface area contributed by atoms with Crippen LogP contribution in [0.5, 0.6) is 0 Å². The van der Waals surface area contributed by atoms with Crippen molar-refractivity contribution in [3.63, 3.8) is 0 Å². The van der Waals surface area contributed by atoms with Crippen LogP contribution in [0.1, 0.15) is 66.2 Å². The molecule has 0 saturated heterocycles. The van der Waals surface area contributed by atoms with Gasteiger partial charge in [-0.15, -0.1) is 0 Å². The lowest BCUT2D eigenvalue weighted by molar-refractivity contribution is -0.124. The van der Waals surface area contributed by atoms with E-state index in [1.807, 2.05) is 0 Å². The monoisotopic (exact) mass is 344 g/mol. The third-order valence-electron chi connectivity index (χ3n) is 6.31. The van der Waals surface area contributed by atoms with Gasteiger partial charge in [0.05, 0.1) is 6.61 Å². The van der Waals surface area contributed by atoms with E-state index in [2.05, 4.69) is 45.9 Å². The minimum atomic E-state index is -0.337. The Morgan fingerprint density at radius 3 is 2.72 bits per heavy atom. The number of ether oxygens (including phenoxy) is 1. The molecule has 0 fully saturated rings. The Hall–Kier alpha value is -1.35. The number of carbonyl (C=O) groups is 1. The first-order valence-electron chi connectivity index (χ1n) is 9.63. The summed E-state index contributed by atoms with van der Waals surface area (Å²) in [6, 6.07) is 0. The number of ketones is 1. The summed E-state index contributed by atoms with van der Waals surface area (Å²) in [5, 5.41) is 9.64. The van der Waals surface area contributed by atoms with Gasteiger partial charge in [0.2, 0.25) is 0 Å². The second kappa shape index (κ2) is 6.75. The maximum atomic E-state index is 12.4. The first kappa shape index (κ1) is 18.4. The molecule has 0 aromatic rings. The molecule has 3 aliphatic rings. The Balaban J connectivity index is 1.92. The van der Waals surface area contributed by atoms with Gasteiger partial charge < -0.3 is 9.84 Å². The lowest BCUT2D eigenvalue weighted by Gasteiger charge is -2.42. The Morgan fingerprint density at radius 2 is 2.00 bits per heavy atom. The molecule has 1 N–H and O–H groups in total. The van der Waals surface area contributed by atoms with Gasteiger partial charge in [0, 0.05) is 24.7 Å². The van der Waals surface area contributed by atoms with Crippen molar-refractivity contribution in [1.29, 1.82) is 0 Å². The van der Waals surface area contributed by atoms with Crippen molar-refractivity contribution >= 4 is 5.78 Å². The highest BCUT2D eigenvalue weighted by molar-refractivity contribution is 5.97. The highest BCUT2D eigenvalue weighted by Crippen LogP contribution is 2.48. The van der Waals surface area contributed by atoms with Crippen LogP contribution in [0, 0.1) is 17.3 Å². The third kappa shape index (κ3) is 3.76. The first-order chi connectivity index (χ1) is 11.7. The minimum absolute atomic E-state index is 0.0312. The zero-order chi connectivity index (χ0) is 18.2. The molecular weight excluding hydrogens is 312 g/mol. The van der Waals surface area contributed by atoms with E-state index in [-0.39, 0.29) is 29.3 Å². The zero-order valence-electron chi connectivity index (χ0n) is 16.1. The van der Waals surface area contributed by atoms with Crippen LogP contribution in [0.25, 0.3) is 0 Å². The van der Waals surface area contributed by atoms with Gasteiger partial charge in [-0.05, 0) is 50.5 Å². The van der Waals surface area contributed by atoms with Crippen LogP contribution in [-0.2, 0) is 9.53 Å². The number of aliphatic hydroxyl groups excluding tert-OH is 1. The molecule has 0 aromatic heterocycles. The standard InChI is InChI=1S/C22H32O3/c1-15-6-7-17-13-18-16(14-23)12-19(24)20(18)25-22(17,4)10-5-9-21(2,3)11-8-15/h5,8-9,16-17,23H,6-7,10-14H2,1-4H3/b9-5+,15-8+/t16-,17-,22+/m0/s1. The summed E-state index contributed by atoms with van der Waals surface area (Å²) >= 11 is 0. The molecule has 1 aliphatic heterocycles. The van der Waals surface area contributed by atoms with Crippen molar-refractivity contribution in [2.45, 2.75) is 71.8 Å². The van der Waals surface area contributed by atoms with Crippen LogP contribution in [0.3, 0.4) is 0 Å². The SMILES string of the molecule is C/C1=C\CC(C)(C)/C=C/C[C@@]2(C)OC3=C(C[C@@H]2CC1)[C@H](CO)CC3=O. The van der Waals surface area contributed by atoms with Crippen molar-refractivity contribution in [3.8, 4) is 0 Å². The fraction of sp³-hybridized carbons (Fsp3) is 0.682. The van der Waals surface area contributed by atoms with E-state index in [4.69, 9.17) is 4.74 Å². The number of allylic oxidation sites excluding steroid dienone is 4. The van der Waals surface area contributed by atoms with E-state index in [0.29, 0.717) is 18.1 Å². The molecular formula is C22H32O3. The Bertz CT molecular complexity index is 638. The van der Waals surface area contributed by atoms with E-state index in [9.17, 15) is 9.90 Å². The van der Waals surface area contributed by atoms with E-state index in [0.717, 1.165) is 37.7 Å². The number of rotatable bonds is 1. The highest BCUT2D eigenvalue weighted by Gasteiger charge is 2.47. The Labute approximate surface area is 151 Å². The van der Waals surface area contributed by atoms with Crippen molar-refractivity contribution in [2.24, 2.45) is 17.3 Å². The van der Waals surface area contributed by atoms with Gasteiger partial charge in [-0.1, -0.05) is 37.6 Å². The van der Waals surface area contributed by atoms with Crippen LogP contribution < -0.4 is 0 Å². The summed E-state index contributed by atoms with van der Waals surface area (Å²) in [6.07, 6.45) is 12.2. The lowest BCUT2D eigenvalue weighted by Crippen LogP contribution is -2.41. The van der Waals surface area contributed by atoms with Crippen LogP contribution in [0.4, 0.5) is 0 Å². The predicted octanol–water partition coefficient (Wildman–Crippen LogP) is 4.72. The molecule has 3 heteroatoms. The topological polar surface area (TPSA) is 46.5 Å². The maximum absolute atomic E-state index is 12.4. The lowest BCUT2D eigenvalue weighted by atomic mass is 9.75. The number of aliphatic hydroxyl groups is 1. The van der Waals surface area contributed by atoms with E-state index in [1.54, 1.807) is 0 Å². The summed E-state index contributed by atoms with van der Waals surface area (Å²) in [7, 11) is 0. The molecule has 0 bridgehead atoms. The molecule has 0 radical (unpaired) electrons. The number of hydrogen-bond acceptors (Lipinski definition) is 3. The minimum Gasteiger partial charge on any atom is -0.483 e. The third-order valence-corrected chi connectivity index (χ3v) is 6.31. The molecule has 3 rings (SSSR count). The zero-order valence-corrected chi connectivity index (χ0v) is 16.1. The summed E-state index contributed by atoms with van der Waals surface area (Å²) in [4.78, 5) is 12.4. The fourth-order valence-corrected chi connectivity index (χ4v) is 4.40.